The molecule has 0 saturated carbocycles. The number of fused-ring (bicyclic) bond motifs is 2. The number of nitrogens with zero attached hydrogens (tertiary/aromatic N) is 2. The maximum atomic E-state index is 12.9. The molecule has 0 radical (unpaired) electrons. The number of quaternary nitrogens is 2. The van der Waals surface area contributed by atoms with Crippen molar-refractivity contribution in [2.45, 2.75) is 50.6 Å². The van der Waals surface area contributed by atoms with E-state index in [4.69, 9.17) is 56.8 Å². The van der Waals surface area contributed by atoms with Gasteiger partial charge in [0.15, 0.2) is 46.0 Å². The fourth-order valence-corrected chi connectivity index (χ4v) is 10.3. The second-order valence-electron chi connectivity index (χ2n) is 18.0. The van der Waals surface area contributed by atoms with Crippen molar-refractivity contribution in [2.24, 2.45) is 0 Å². The van der Waals surface area contributed by atoms with Gasteiger partial charge in [0.1, 0.15) is 12.1 Å². The summed E-state index contributed by atoms with van der Waals surface area (Å²) in [6, 6.07) is 16.2. The van der Waals surface area contributed by atoms with Crippen LogP contribution in [0, 0.1) is 0 Å². The number of carbonyl (C=O) groups excluding carboxylic acids is 2. The highest BCUT2D eigenvalue weighted by Crippen LogP contribution is 2.48. The quantitative estimate of drug-likeness (QED) is 0.0433. The van der Waals surface area contributed by atoms with Crippen molar-refractivity contribution >= 4 is 11.9 Å². The number of esters is 2. The van der Waals surface area contributed by atoms with Crippen LogP contribution in [0.5, 0.6) is 57.5 Å². The Kier molecular flexibility index (Phi) is 21.7. The largest absolute Gasteiger partial charge is 1.00 e. The summed E-state index contributed by atoms with van der Waals surface area (Å²) < 4.78 is 69.6. The number of hydrogen-bond donors (Lipinski definition) is 0. The molecule has 0 saturated heterocycles. The first-order valence-corrected chi connectivity index (χ1v) is 23.5. The summed E-state index contributed by atoms with van der Waals surface area (Å²) in [5.41, 5.74) is 6.67. The summed E-state index contributed by atoms with van der Waals surface area (Å²) in [4.78, 5) is 25.8. The third kappa shape index (κ3) is 13.0. The number of ether oxygens (including phenoxy) is 12. The highest BCUT2D eigenvalue weighted by molar-refractivity contribution is 5.91. The maximum Gasteiger partial charge on any atom is 0.331 e. The zero-order valence-corrected chi connectivity index (χ0v) is 45.3. The van der Waals surface area contributed by atoms with E-state index >= 15 is 0 Å². The van der Waals surface area contributed by atoms with Crippen molar-refractivity contribution in [1.29, 1.82) is 0 Å². The lowest BCUT2D eigenvalue weighted by atomic mass is 9.85. The van der Waals surface area contributed by atoms with Crippen LogP contribution in [0.2, 0.25) is 0 Å². The molecule has 2 heterocycles. The van der Waals surface area contributed by atoms with E-state index in [1.54, 1.807) is 71.1 Å². The van der Waals surface area contributed by atoms with Gasteiger partial charge in [-0.15, -0.1) is 0 Å². The third-order valence-electron chi connectivity index (χ3n) is 14.1. The number of hydrogen-bond acceptors (Lipinski definition) is 14. The predicted molar refractivity (Wildman–Crippen MR) is 264 cm³/mol. The Hall–Kier alpha value is -5.94. The summed E-state index contributed by atoms with van der Waals surface area (Å²) in [5.74, 6) is 4.90. The van der Waals surface area contributed by atoms with Crippen molar-refractivity contribution in [3.8, 4) is 57.5 Å². The van der Waals surface area contributed by atoms with Crippen LogP contribution in [0.1, 0.15) is 58.3 Å². The second-order valence-corrected chi connectivity index (χ2v) is 18.0. The van der Waals surface area contributed by atoms with Gasteiger partial charge < -0.3 is 90.6 Å². The van der Waals surface area contributed by atoms with Crippen LogP contribution in [0.4, 0.5) is 0 Å². The highest BCUT2D eigenvalue weighted by Gasteiger charge is 2.42. The summed E-state index contributed by atoms with van der Waals surface area (Å²) in [7, 11) is 20.7. The molecule has 0 spiro atoms. The van der Waals surface area contributed by atoms with Crippen LogP contribution in [0.25, 0.3) is 0 Å². The Morgan fingerprint density at radius 3 is 1.29 bits per heavy atom. The fourth-order valence-electron chi connectivity index (χ4n) is 10.3. The zero-order chi connectivity index (χ0) is 50.6. The average molecular weight is 1040 g/mol. The van der Waals surface area contributed by atoms with Crippen LogP contribution >= 0.6 is 0 Å². The maximum absolute atomic E-state index is 12.9. The van der Waals surface area contributed by atoms with E-state index in [2.05, 4.69) is 38.4 Å². The normalized spacial score (nSPS) is 18.7. The van der Waals surface area contributed by atoms with E-state index in [1.165, 1.54) is 11.1 Å². The monoisotopic (exact) mass is 1040 g/mol. The Bertz CT molecular complexity index is 2480. The molecule has 4 aromatic carbocycles. The molecule has 0 amide bonds. The van der Waals surface area contributed by atoms with Crippen molar-refractivity contribution in [3.05, 3.63) is 94.1 Å². The van der Waals surface area contributed by atoms with E-state index in [0.717, 1.165) is 66.9 Å². The minimum Gasteiger partial charge on any atom is -1.00 e. The molecular weight excluding hydrogens is 971 g/mol. The topological polar surface area (TPSA) is 145 Å². The summed E-state index contributed by atoms with van der Waals surface area (Å²) >= 11 is 0. The molecule has 18 heteroatoms. The number of carbonyl (C=O) groups is 2. The molecule has 6 rings (SSSR count). The van der Waals surface area contributed by atoms with Crippen LogP contribution < -0.4 is 72.2 Å². The van der Waals surface area contributed by atoms with Gasteiger partial charge in [0.25, 0.3) is 0 Å². The first-order valence-electron chi connectivity index (χ1n) is 23.5. The molecule has 0 N–H and O–H groups in total. The van der Waals surface area contributed by atoms with E-state index in [-0.39, 0.29) is 50.1 Å². The van der Waals surface area contributed by atoms with Crippen LogP contribution in [-0.2, 0) is 44.7 Å². The molecule has 1 unspecified atom stereocenters. The SMILES string of the molecule is COc1cc2c(cc1OC)[C@@H](Cc1ccc(OC)c(OC)c1OC)[N+](C)(CCCOC(=O)/C=C/C(=O)OCCC[N@+]1(C)CCc3cc(OC)c(OC)cc3[C@H]1Cc1cc(OC)c(OC)c(OC)c1)CC2.[Cl-].[Cl-]. The third-order valence-corrected chi connectivity index (χ3v) is 14.1. The molecule has 2 aliphatic rings. The van der Waals surface area contributed by atoms with Gasteiger partial charge in [-0.2, -0.15) is 0 Å². The molecule has 4 aromatic rings. The van der Waals surface area contributed by atoms with E-state index in [1.807, 2.05) is 24.3 Å². The van der Waals surface area contributed by atoms with Crippen molar-refractivity contribution < 1.29 is 100 Å². The number of benzene rings is 4. The molecular formula is C54H72Cl2N2O14. The molecule has 0 bridgehead atoms. The second kappa shape index (κ2) is 26.7. The summed E-state index contributed by atoms with van der Waals surface area (Å²) in [6.45, 7) is 3.46. The molecule has 4 atom stereocenters. The Balaban J connectivity index is 0.00000562. The van der Waals surface area contributed by atoms with E-state index in [9.17, 15) is 9.59 Å². The lowest BCUT2D eigenvalue weighted by molar-refractivity contribution is -0.941. The average Bonchev–Trinajstić information content (AvgIpc) is 3.38. The summed E-state index contributed by atoms with van der Waals surface area (Å²) in [6.07, 6.45) is 6.38. The zero-order valence-electron chi connectivity index (χ0n) is 43.8. The first kappa shape index (κ1) is 58.6. The van der Waals surface area contributed by atoms with E-state index in [0.29, 0.717) is 98.7 Å². The lowest BCUT2D eigenvalue weighted by Crippen LogP contribution is -3.00. The van der Waals surface area contributed by atoms with Gasteiger partial charge in [-0.3, -0.25) is 0 Å². The first-order chi connectivity index (χ1) is 33.8. The number of likely N-dealkylation sites (N-methyl/N-ethyl adjacent to an activating group) is 2. The highest BCUT2D eigenvalue weighted by atomic mass is 35.5. The smallest absolute Gasteiger partial charge is 0.331 e. The Labute approximate surface area is 437 Å². The van der Waals surface area contributed by atoms with Crippen molar-refractivity contribution in [3.63, 3.8) is 0 Å². The molecule has 72 heavy (non-hydrogen) atoms. The summed E-state index contributed by atoms with van der Waals surface area (Å²) in [5, 5.41) is 0. The number of rotatable bonds is 24. The van der Waals surface area contributed by atoms with Crippen molar-refractivity contribution in [2.75, 3.05) is 125 Å². The van der Waals surface area contributed by atoms with Gasteiger partial charge in [0, 0.05) is 67.4 Å². The number of methoxy groups -OCH3 is 10. The van der Waals surface area contributed by atoms with Gasteiger partial charge in [-0.25, -0.2) is 9.59 Å². The van der Waals surface area contributed by atoms with Gasteiger partial charge in [0.05, 0.1) is 125 Å². The van der Waals surface area contributed by atoms with Crippen molar-refractivity contribution in [1.82, 2.24) is 0 Å². The van der Waals surface area contributed by atoms with Gasteiger partial charge >= 0.3 is 11.9 Å². The van der Waals surface area contributed by atoms with Gasteiger partial charge in [-0.05, 0) is 59.2 Å². The number of halogens is 2. The predicted octanol–water partition coefficient (Wildman–Crippen LogP) is 1.48. The molecule has 396 valence electrons. The standard InChI is InChI=1S/C54H72N2O14.2ClH/c1-55(23-19-36-31-44(60-4)46(62-6)33-39(36)41(55)27-35-28-48(64-8)53(67-11)49(29-35)65-9)21-13-25-69-50(57)17-18-51(58)70-26-14-22-56(2)24-20-37-32-45(61-5)47(63-7)34-40(37)42(56)30-38-15-16-43(59-3)54(68-12)52(38)66-10;;/h15-18,28-29,31-34,41-42H,13-14,19-27,30H2,1-12H3;2*1H/q+2;;/p-2/b18-17+;;/t41-,42-,55-,56?;;/m1../s1. The van der Waals surface area contributed by atoms with E-state index < -0.39 is 11.9 Å². The minimum absolute atomic E-state index is 0. The van der Waals surface area contributed by atoms with Crippen LogP contribution in [-0.4, -0.2) is 145 Å². The molecule has 0 aliphatic carbocycles. The molecule has 0 fully saturated rings. The van der Waals surface area contributed by atoms with Gasteiger partial charge in [-0.1, -0.05) is 6.07 Å². The fraction of sp³-hybridized carbons (Fsp3) is 0.481. The Morgan fingerprint density at radius 2 is 0.889 bits per heavy atom. The Morgan fingerprint density at radius 1 is 0.486 bits per heavy atom. The molecule has 2 aliphatic heterocycles. The minimum atomic E-state index is -0.612. The van der Waals surface area contributed by atoms with Crippen LogP contribution in [0.15, 0.2) is 60.7 Å². The van der Waals surface area contributed by atoms with Gasteiger partial charge in [0.2, 0.25) is 11.5 Å². The molecule has 16 nitrogen and oxygen atoms in total. The van der Waals surface area contributed by atoms with Crippen LogP contribution in [0.3, 0.4) is 0 Å². The molecule has 0 aromatic heterocycles. The lowest BCUT2D eigenvalue weighted by Gasteiger charge is -2.46.